The van der Waals surface area contributed by atoms with Crippen LogP contribution in [0.4, 0.5) is 0 Å². The van der Waals surface area contributed by atoms with Crippen LogP contribution in [0.2, 0.25) is 0 Å². The third-order valence-corrected chi connectivity index (χ3v) is 4.86. The van der Waals surface area contributed by atoms with Gasteiger partial charge in [0.1, 0.15) is 0 Å². The van der Waals surface area contributed by atoms with Crippen LogP contribution in [0.5, 0.6) is 0 Å². The first-order chi connectivity index (χ1) is 12.6. The number of rotatable bonds is 5. The molecule has 2 heterocycles. The molecule has 136 valence electrons. The van der Waals surface area contributed by atoms with Crippen LogP contribution < -0.4 is 5.32 Å². The summed E-state index contributed by atoms with van der Waals surface area (Å²) < 4.78 is 0. The van der Waals surface area contributed by atoms with Crippen LogP contribution in [0.3, 0.4) is 0 Å². The minimum Gasteiger partial charge on any atom is -0.352 e. The third kappa shape index (κ3) is 4.91. The molecule has 0 spiro atoms. The van der Waals surface area contributed by atoms with Crippen molar-refractivity contribution in [3.63, 3.8) is 0 Å². The number of piperidine rings is 1. The fourth-order valence-corrected chi connectivity index (χ4v) is 3.21. The van der Waals surface area contributed by atoms with Gasteiger partial charge in [0, 0.05) is 37.4 Å². The Morgan fingerprint density at radius 1 is 1.08 bits per heavy atom. The zero-order valence-electron chi connectivity index (χ0n) is 15.1. The lowest BCUT2D eigenvalue weighted by atomic mass is 9.95. The summed E-state index contributed by atoms with van der Waals surface area (Å²) in [5.41, 5.74) is 2.98. The molecule has 1 aromatic carbocycles. The Hall–Kier alpha value is -2.69. The van der Waals surface area contributed by atoms with Crippen LogP contribution in [0, 0.1) is 12.8 Å². The lowest BCUT2D eigenvalue weighted by Crippen LogP contribution is -2.43. The first-order valence-corrected chi connectivity index (χ1v) is 9.13. The van der Waals surface area contributed by atoms with Gasteiger partial charge < -0.3 is 10.2 Å². The van der Waals surface area contributed by atoms with E-state index in [9.17, 15) is 9.59 Å². The molecule has 0 unspecified atom stereocenters. The molecule has 26 heavy (non-hydrogen) atoms. The van der Waals surface area contributed by atoms with Crippen LogP contribution in [0.25, 0.3) is 0 Å². The number of amides is 2. The number of likely N-dealkylation sites (tertiary alicyclic amines) is 1. The van der Waals surface area contributed by atoms with Gasteiger partial charge in [-0.2, -0.15) is 0 Å². The van der Waals surface area contributed by atoms with Gasteiger partial charge in [0.25, 0.3) is 0 Å². The van der Waals surface area contributed by atoms with Crippen molar-refractivity contribution in [2.24, 2.45) is 5.92 Å². The molecule has 1 aliphatic rings. The zero-order chi connectivity index (χ0) is 18.4. The topological polar surface area (TPSA) is 62.3 Å². The van der Waals surface area contributed by atoms with Crippen molar-refractivity contribution in [2.45, 2.75) is 32.7 Å². The molecule has 0 atom stereocenters. The number of hydrogen-bond donors (Lipinski definition) is 1. The van der Waals surface area contributed by atoms with E-state index >= 15 is 0 Å². The predicted octanol–water partition coefficient (Wildman–Crippen LogP) is 2.49. The fourth-order valence-electron chi connectivity index (χ4n) is 3.21. The maximum absolute atomic E-state index is 12.4. The number of aryl methyl sites for hydroxylation is 1. The predicted molar refractivity (Wildman–Crippen MR) is 100 cm³/mol. The van der Waals surface area contributed by atoms with Crippen LogP contribution in [0.15, 0.2) is 48.7 Å². The van der Waals surface area contributed by atoms with E-state index in [2.05, 4.69) is 10.3 Å². The molecule has 2 amide bonds. The Labute approximate surface area is 154 Å². The van der Waals surface area contributed by atoms with Crippen molar-refractivity contribution in [1.82, 2.24) is 15.2 Å². The molecule has 1 fully saturated rings. The van der Waals surface area contributed by atoms with E-state index in [-0.39, 0.29) is 17.7 Å². The number of carbonyl (C=O) groups excluding carboxylic acids is 2. The van der Waals surface area contributed by atoms with Crippen LogP contribution in [0.1, 0.15) is 29.7 Å². The summed E-state index contributed by atoms with van der Waals surface area (Å²) in [7, 11) is 0. The van der Waals surface area contributed by atoms with E-state index in [1.807, 2.05) is 54.3 Å². The summed E-state index contributed by atoms with van der Waals surface area (Å²) in [5, 5.41) is 3.01. The summed E-state index contributed by atoms with van der Waals surface area (Å²) >= 11 is 0. The first kappa shape index (κ1) is 18.1. The van der Waals surface area contributed by atoms with Crippen molar-refractivity contribution in [3.05, 3.63) is 65.5 Å². The number of nitrogens with one attached hydrogen (secondary N) is 1. The van der Waals surface area contributed by atoms with E-state index in [4.69, 9.17) is 0 Å². The quantitative estimate of drug-likeness (QED) is 0.900. The van der Waals surface area contributed by atoms with Gasteiger partial charge in [-0.15, -0.1) is 0 Å². The smallest absolute Gasteiger partial charge is 0.227 e. The highest BCUT2D eigenvalue weighted by Crippen LogP contribution is 2.18. The summed E-state index contributed by atoms with van der Waals surface area (Å²) in [4.78, 5) is 30.9. The minimum atomic E-state index is -0.0104. The third-order valence-electron chi connectivity index (χ3n) is 4.86. The lowest BCUT2D eigenvalue weighted by molar-refractivity contribution is -0.135. The highest BCUT2D eigenvalue weighted by atomic mass is 16.2. The van der Waals surface area contributed by atoms with Gasteiger partial charge >= 0.3 is 0 Å². The van der Waals surface area contributed by atoms with Gasteiger partial charge in [-0.3, -0.25) is 14.6 Å². The molecule has 2 aromatic rings. The Kier molecular flexibility index (Phi) is 6.00. The molecule has 3 rings (SSSR count). The van der Waals surface area contributed by atoms with Gasteiger partial charge in [-0.1, -0.05) is 36.4 Å². The number of carbonyl (C=O) groups is 2. The lowest BCUT2D eigenvalue weighted by Gasteiger charge is -2.31. The molecule has 0 bridgehead atoms. The van der Waals surface area contributed by atoms with Crippen LogP contribution in [-0.2, 0) is 22.6 Å². The monoisotopic (exact) mass is 351 g/mol. The SMILES string of the molecule is Cc1ccc(CC(=O)N2CCC(C(=O)NCc3ccccc3)CC2)cn1. The van der Waals surface area contributed by atoms with E-state index in [1.165, 1.54) is 0 Å². The van der Waals surface area contributed by atoms with Gasteiger partial charge in [0.2, 0.25) is 11.8 Å². The fraction of sp³-hybridized carbons (Fsp3) is 0.381. The molecular formula is C21H25N3O2. The average Bonchev–Trinajstić information content (AvgIpc) is 2.69. The molecular weight excluding hydrogens is 326 g/mol. The van der Waals surface area contributed by atoms with Crippen molar-refractivity contribution in [3.8, 4) is 0 Å². The minimum absolute atomic E-state index is 0.0104. The van der Waals surface area contributed by atoms with Gasteiger partial charge in [0.05, 0.1) is 6.42 Å². The highest BCUT2D eigenvalue weighted by molar-refractivity contribution is 5.81. The molecule has 1 saturated heterocycles. The van der Waals surface area contributed by atoms with E-state index in [1.54, 1.807) is 6.20 Å². The normalized spacial score (nSPS) is 14.9. The molecule has 1 N–H and O–H groups in total. The van der Waals surface area contributed by atoms with Crippen molar-refractivity contribution >= 4 is 11.8 Å². The molecule has 0 saturated carbocycles. The van der Waals surface area contributed by atoms with E-state index in [0.717, 1.165) is 29.7 Å². The molecule has 5 heteroatoms. The highest BCUT2D eigenvalue weighted by Gasteiger charge is 2.27. The maximum atomic E-state index is 12.4. The van der Waals surface area contributed by atoms with Crippen LogP contribution in [-0.4, -0.2) is 34.8 Å². The Morgan fingerprint density at radius 2 is 1.81 bits per heavy atom. The molecule has 1 aliphatic heterocycles. The molecule has 0 radical (unpaired) electrons. The van der Waals surface area contributed by atoms with Gasteiger partial charge in [0.15, 0.2) is 0 Å². The van der Waals surface area contributed by atoms with Crippen molar-refractivity contribution in [1.29, 1.82) is 0 Å². The maximum Gasteiger partial charge on any atom is 0.227 e. The largest absolute Gasteiger partial charge is 0.352 e. The average molecular weight is 351 g/mol. The number of nitrogens with zero attached hydrogens (tertiary/aromatic N) is 2. The van der Waals surface area contributed by atoms with Crippen LogP contribution >= 0.6 is 0 Å². The van der Waals surface area contributed by atoms with Gasteiger partial charge in [-0.05, 0) is 37.0 Å². The van der Waals surface area contributed by atoms with Crippen molar-refractivity contribution < 1.29 is 9.59 Å². The summed E-state index contributed by atoms with van der Waals surface area (Å²) in [5.74, 6) is 0.186. The number of benzene rings is 1. The van der Waals surface area contributed by atoms with E-state index < -0.39 is 0 Å². The molecule has 1 aromatic heterocycles. The second-order valence-corrected chi connectivity index (χ2v) is 6.84. The Bertz CT molecular complexity index is 736. The van der Waals surface area contributed by atoms with Crippen molar-refractivity contribution in [2.75, 3.05) is 13.1 Å². The van der Waals surface area contributed by atoms with E-state index in [0.29, 0.717) is 26.1 Å². The summed E-state index contributed by atoms with van der Waals surface area (Å²) in [6, 6.07) is 13.8. The zero-order valence-corrected chi connectivity index (χ0v) is 15.1. The summed E-state index contributed by atoms with van der Waals surface area (Å²) in [6.07, 6.45) is 3.58. The molecule has 0 aliphatic carbocycles. The number of aromatic nitrogens is 1. The molecule has 5 nitrogen and oxygen atoms in total. The number of hydrogen-bond acceptors (Lipinski definition) is 3. The van der Waals surface area contributed by atoms with Gasteiger partial charge in [-0.25, -0.2) is 0 Å². The Morgan fingerprint density at radius 3 is 2.46 bits per heavy atom. The Balaban J connectivity index is 1.43. The first-order valence-electron chi connectivity index (χ1n) is 9.13. The number of pyridine rings is 1. The second kappa shape index (κ2) is 8.61. The summed E-state index contributed by atoms with van der Waals surface area (Å²) in [6.45, 7) is 3.77. The standard InChI is InChI=1S/C21H25N3O2/c1-16-7-8-18(15-22-16)13-20(25)24-11-9-19(10-12-24)21(26)23-14-17-5-3-2-4-6-17/h2-8,15,19H,9-14H2,1H3,(H,23,26). The second-order valence-electron chi connectivity index (χ2n) is 6.84.